The van der Waals surface area contributed by atoms with E-state index in [1.807, 2.05) is 50.2 Å². The third-order valence-corrected chi connectivity index (χ3v) is 5.17. The summed E-state index contributed by atoms with van der Waals surface area (Å²) in [5.41, 5.74) is 3.65. The Balaban J connectivity index is 1.86. The number of nitrogens with zero attached hydrogens (tertiary/aromatic N) is 1. The molecule has 1 heterocycles. The number of hydrogen-bond donors (Lipinski definition) is 1. The summed E-state index contributed by atoms with van der Waals surface area (Å²) >= 11 is 3.43. The van der Waals surface area contributed by atoms with E-state index in [9.17, 15) is 9.59 Å². The first-order valence-electron chi connectivity index (χ1n) is 8.27. The summed E-state index contributed by atoms with van der Waals surface area (Å²) in [6.45, 7) is 4.38. The van der Waals surface area contributed by atoms with Gasteiger partial charge in [-0.1, -0.05) is 40.2 Å². The molecule has 0 fully saturated rings. The number of aromatic nitrogens is 1. The number of pyridine rings is 1. The van der Waals surface area contributed by atoms with Crippen molar-refractivity contribution in [3.05, 3.63) is 97.9 Å². The van der Waals surface area contributed by atoms with Crippen molar-refractivity contribution in [3.63, 3.8) is 0 Å². The van der Waals surface area contributed by atoms with Crippen LogP contribution in [0.2, 0.25) is 0 Å². The minimum absolute atomic E-state index is 0.127. The highest BCUT2D eigenvalue weighted by atomic mass is 79.9. The average Bonchev–Trinajstić information content (AvgIpc) is 2.61. The predicted octanol–water partition coefficient (Wildman–Crippen LogP) is 4.53. The number of nitrogens with one attached hydrogen (secondary N) is 1. The molecule has 0 saturated heterocycles. The zero-order valence-corrected chi connectivity index (χ0v) is 16.2. The van der Waals surface area contributed by atoms with Crippen molar-refractivity contribution in [2.75, 3.05) is 5.32 Å². The lowest BCUT2D eigenvalue weighted by Crippen LogP contribution is -2.29. The van der Waals surface area contributed by atoms with Crippen LogP contribution in [0.25, 0.3) is 0 Å². The van der Waals surface area contributed by atoms with E-state index in [0.717, 1.165) is 21.2 Å². The second-order valence-electron chi connectivity index (χ2n) is 6.20. The highest BCUT2D eigenvalue weighted by molar-refractivity contribution is 9.10. The van der Waals surface area contributed by atoms with E-state index in [4.69, 9.17) is 0 Å². The zero-order chi connectivity index (χ0) is 18.7. The van der Waals surface area contributed by atoms with Crippen LogP contribution in [-0.2, 0) is 6.54 Å². The van der Waals surface area contributed by atoms with Crippen molar-refractivity contribution in [1.82, 2.24) is 4.57 Å². The molecule has 0 radical (unpaired) electrons. The summed E-state index contributed by atoms with van der Waals surface area (Å²) in [6.07, 6.45) is 1.70. The van der Waals surface area contributed by atoms with E-state index in [1.165, 1.54) is 0 Å². The number of halogens is 1. The Hall–Kier alpha value is -2.66. The summed E-state index contributed by atoms with van der Waals surface area (Å²) in [4.78, 5) is 25.3. The van der Waals surface area contributed by atoms with E-state index in [1.54, 1.807) is 29.0 Å². The van der Waals surface area contributed by atoms with Gasteiger partial charge in [-0.25, -0.2) is 0 Å². The Bertz CT molecular complexity index is 1020. The summed E-state index contributed by atoms with van der Waals surface area (Å²) in [5.74, 6) is -0.407. The van der Waals surface area contributed by atoms with Crippen LogP contribution in [0.4, 0.5) is 5.69 Å². The zero-order valence-electron chi connectivity index (χ0n) is 14.6. The maximum atomic E-state index is 12.7. The normalized spacial score (nSPS) is 10.6. The number of rotatable bonds is 4. The van der Waals surface area contributed by atoms with Gasteiger partial charge < -0.3 is 9.88 Å². The minimum Gasteiger partial charge on any atom is -0.322 e. The van der Waals surface area contributed by atoms with Gasteiger partial charge in [0.1, 0.15) is 5.56 Å². The van der Waals surface area contributed by atoms with Crippen LogP contribution in [0.15, 0.2) is 70.1 Å². The molecule has 0 bridgehead atoms. The monoisotopic (exact) mass is 410 g/mol. The van der Waals surface area contributed by atoms with E-state index >= 15 is 0 Å². The van der Waals surface area contributed by atoms with Crippen LogP contribution >= 0.6 is 15.9 Å². The average molecular weight is 411 g/mol. The highest BCUT2D eigenvalue weighted by Crippen LogP contribution is 2.20. The van der Waals surface area contributed by atoms with Gasteiger partial charge in [-0.2, -0.15) is 0 Å². The molecular weight excluding hydrogens is 392 g/mol. The van der Waals surface area contributed by atoms with Gasteiger partial charge in [-0.15, -0.1) is 0 Å². The second-order valence-corrected chi connectivity index (χ2v) is 7.05. The molecule has 5 heteroatoms. The summed E-state index contributed by atoms with van der Waals surface area (Å²) in [7, 11) is 0. The smallest absolute Gasteiger partial charge is 0.263 e. The lowest BCUT2D eigenvalue weighted by atomic mass is 10.1. The van der Waals surface area contributed by atoms with Gasteiger partial charge in [0.25, 0.3) is 11.5 Å². The number of aryl methyl sites for hydroxylation is 2. The molecule has 132 valence electrons. The third-order valence-electron chi connectivity index (χ3n) is 4.28. The van der Waals surface area contributed by atoms with Crippen LogP contribution < -0.4 is 10.9 Å². The quantitative estimate of drug-likeness (QED) is 0.686. The third kappa shape index (κ3) is 3.94. The fraction of sp³-hybridized carbons (Fsp3) is 0.143. The topological polar surface area (TPSA) is 51.1 Å². The first-order valence-corrected chi connectivity index (χ1v) is 9.06. The number of benzene rings is 2. The molecule has 1 aromatic heterocycles. The van der Waals surface area contributed by atoms with Crippen molar-refractivity contribution >= 4 is 27.5 Å². The van der Waals surface area contributed by atoms with E-state index in [-0.39, 0.29) is 11.1 Å². The highest BCUT2D eigenvalue weighted by Gasteiger charge is 2.13. The minimum atomic E-state index is -0.407. The number of carbonyl (C=O) groups excluding carboxylic acids is 1. The van der Waals surface area contributed by atoms with Crippen molar-refractivity contribution in [2.45, 2.75) is 20.4 Å². The van der Waals surface area contributed by atoms with Gasteiger partial charge in [0.15, 0.2) is 0 Å². The Morgan fingerprint density at radius 1 is 1.04 bits per heavy atom. The van der Waals surface area contributed by atoms with Crippen molar-refractivity contribution in [3.8, 4) is 0 Å². The van der Waals surface area contributed by atoms with Crippen LogP contribution in [0.3, 0.4) is 0 Å². The van der Waals surface area contributed by atoms with E-state index in [0.29, 0.717) is 12.2 Å². The standard InChI is InChI=1S/C21H19BrN2O2/c1-14-6-3-4-7-16(14)13-24-11-5-8-18(21(24)26)20(25)23-17-9-10-19(22)15(2)12-17/h3-12H,13H2,1-2H3,(H,23,25). The van der Waals surface area contributed by atoms with Crippen LogP contribution in [0, 0.1) is 13.8 Å². The lowest BCUT2D eigenvalue weighted by molar-refractivity contribution is 0.102. The summed E-state index contributed by atoms with van der Waals surface area (Å²) < 4.78 is 2.53. The van der Waals surface area contributed by atoms with Crippen LogP contribution in [-0.4, -0.2) is 10.5 Å². The molecule has 0 atom stereocenters. The second kappa shape index (κ2) is 7.70. The Morgan fingerprint density at radius 2 is 1.81 bits per heavy atom. The fourth-order valence-electron chi connectivity index (χ4n) is 2.73. The van der Waals surface area contributed by atoms with E-state index in [2.05, 4.69) is 21.2 Å². The molecule has 0 aliphatic heterocycles. The molecule has 0 unspecified atom stereocenters. The lowest BCUT2D eigenvalue weighted by Gasteiger charge is -2.11. The maximum absolute atomic E-state index is 12.7. The summed E-state index contributed by atoms with van der Waals surface area (Å²) in [5, 5.41) is 2.80. The first kappa shape index (κ1) is 18.1. The van der Waals surface area contributed by atoms with Gasteiger partial charge in [0.2, 0.25) is 0 Å². The van der Waals surface area contributed by atoms with E-state index < -0.39 is 5.91 Å². The Kier molecular flexibility index (Phi) is 5.38. The molecule has 4 nitrogen and oxygen atoms in total. The van der Waals surface area contributed by atoms with Gasteiger partial charge in [0.05, 0.1) is 6.54 Å². The molecule has 0 aliphatic rings. The number of anilines is 1. The molecular formula is C21H19BrN2O2. The van der Waals surface area contributed by atoms with Crippen LogP contribution in [0.5, 0.6) is 0 Å². The molecule has 0 spiro atoms. The summed E-state index contributed by atoms with van der Waals surface area (Å²) in [6, 6.07) is 16.7. The van der Waals surface area contributed by atoms with Gasteiger partial charge in [0, 0.05) is 16.4 Å². The molecule has 26 heavy (non-hydrogen) atoms. The SMILES string of the molecule is Cc1cc(NC(=O)c2cccn(Cc3ccccc3C)c2=O)ccc1Br. The molecule has 3 aromatic rings. The number of hydrogen-bond acceptors (Lipinski definition) is 2. The predicted molar refractivity (Wildman–Crippen MR) is 108 cm³/mol. The molecule has 2 aromatic carbocycles. The van der Waals surface area contributed by atoms with Crippen molar-refractivity contribution in [2.24, 2.45) is 0 Å². The van der Waals surface area contributed by atoms with Crippen LogP contribution in [0.1, 0.15) is 27.0 Å². The molecule has 0 aliphatic carbocycles. The Labute approximate surface area is 160 Å². The Morgan fingerprint density at radius 3 is 2.54 bits per heavy atom. The number of carbonyl (C=O) groups is 1. The first-order chi connectivity index (χ1) is 12.5. The van der Waals surface area contributed by atoms with Gasteiger partial charge >= 0.3 is 0 Å². The van der Waals surface area contributed by atoms with Crippen molar-refractivity contribution < 1.29 is 4.79 Å². The molecule has 1 N–H and O–H groups in total. The largest absolute Gasteiger partial charge is 0.322 e. The number of amides is 1. The molecule has 3 rings (SSSR count). The van der Waals surface area contributed by atoms with Crippen molar-refractivity contribution in [1.29, 1.82) is 0 Å². The fourth-order valence-corrected chi connectivity index (χ4v) is 2.97. The molecule has 0 saturated carbocycles. The maximum Gasteiger partial charge on any atom is 0.263 e. The van der Waals surface area contributed by atoms with Gasteiger partial charge in [-0.3, -0.25) is 9.59 Å². The molecule has 1 amide bonds. The van der Waals surface area contributed by atoms with Gasteiger partial charge in [-0.05, 0) is 60.9 Å².